The van der Waals surface area contributed by atoms with Gasteiger partial charge in [0, 0.05) is 38.3 Å². The van der Waals surface area contributed by atoms with Crippen molar-refractivity contribution in [1.29, 1.82) is 0 Å². The predicted octanol–water partition coefficient (Wildman–Crippen LogP) is -8.23. The molecule has 0 saturated carbocycles. The van der Waals surface area contributed by atoms with Gasteiger partial charge in [0.25, 0.3) is 5.91 Å². The molecule has 2 unspecified atom stereocenters. The number of aliphatic imine (C=N–C) groups is 1. The molecule has 22 nitrogen and oxygen atoms in total. The lowest BCUT2D eigenvalue weighted by Crippen LogP contribution is -2.64. The van der Waals surface area contributed by atoms with Gasteiger partial charge in [-0.25, -0.2) is 4.79 Å². The van der Waals surface area contributed by atoms with E-state index in [9.17, 15) is 38.7 Å². The molecule has 0 aromatic rings. The van der Waals surface area contributed by atoms with Gasteiger partial charge in [-0.1, -0.05) is 0 Å². The third-order valence-corrected chi connectivity index (χ3v) is 6.90. The van der Waals surface area contributed by atoms with Crippen molar-refractivity contribution in [1.82, 2.24) is 42.5 Å². The molecule has 1 fully saturated rings. The number of hydrogen-bond acceptors (Lipinski definition) is 14. The summed E-state index contributed by atoms with van der Waals surface area (Å²) in [6, 6.07) is -8.54. The Balaban J connectivity index is 2.45. The van der Waals surface area contributed by atoms with Gasteiger partial charge < -0.3 is 76.3 Å². The Bertz CT molecular complexity index is 1240. The molecule has 0 aliphatic carbocycles. The number of nitrogens with zero attached hydrogens (tertiary/aromatic N) is 1. The van der Waals surface area contributed by atoms with Crippen molar-refractivity contribution in [2.24, 2.45) is 33.7 Å². The van der Waals surface area contributed by atoms with Crippen LogP contribution in [-0.4, -0.2) is 122 Å². The summed E-state index contributed by atoms with van der Waals surface area (Å²) in [6.45, 7) is -1.36. The number of nitrogens with two attached hydrogens (primary N) is 5. The number of carbonyl (C=O) groups is 7. The van der Waals surface area contributed by atoms with Gasteiger partial charge in [0.05, 0.1) is 12.6 Å². The van der Waals surface area contributed by atoms with Crippen molar-refractivity contribution in [3.05, 3.63) is 11.9 Å². The van der Waals surface area contributed by atoms with E-state index in [4.69, 9.17) is 28.7 Å². The number of guanidine groups is 1. The molecule has 0 aromatic carbocycles. The Labute approximate surface area is 269 Å². The zero-order valence-electron chi connectivity index (χ0n) is 25.5. The standard InChI is InChI=1S/C25H44N14O8/c26-4-1-2-11(27)6-17(41)32-8-14-20(43)35-15(9-34-25(30)47)21(44)39-18(13-3-5-31-24(29)38-13)23(46)33-7-12(28)19(42)37-16(10-40)22(45)36-14/h9,11-14,16,18,40H,1-8,10,26-28H2,(H,32,41)(H,33,46)(H,35,43)(H,36,45)(H,37,42)(H,39,44)(H3,29,31,38)(H3,30,34,47)/b15-9+/t11-,12-,13?,14-,16-,18?/m0/s1. The number of rotatable bonds is 10. The maximum atomic E-state index is 13.5. The quantitative estimate of drug-likeness (QED) is 0.0963. The van der Waals surface area contributed by atoms with Crippen LogP contribution in [0.4, 0.5) is 4.79 Å². The maximum Gasteiger partial charge on any atom is 0.316 e. The summed E-state index contributed by atoms with van der Waals surface area (Å²) in [4.78, 5) is 93.9. The van der Waals surface area contributed by atoms with E-state index in [-0.39, 0.29) is 25.3 Å². The molecule has 0 aromatic heterocycles. The summed E-state index contributed by atoms with van der Waals surface area (Å²) in [6.07, 6.45) is 1.86. The first-order chi connectivity index (χ1) is 22.2. The van der Waals surface area contributed by atoms with Gasteiger partial charge in [-0.2, -0.15) is 0 Å². The van der Waals surface area contributed by atoms with E-state index in [1.54, 1.807) is 0 Å². The average Bonchev–Trinajstić information content (AvgIpc) is 3.02. The van der Waals surface area contributed by atoms with Gasteiger partial charge >= 0.3 is 6.03 Å². The fraction of sp³-hybridized carbons (Fsp3) is 0.600. The van der Waals surface area contributed by atoms with Crippen LogP contribution in [0, 0.1) is 0 Å². The molecule has 19 N–H and O–H groups in total. The summed E-state index contributed by atoms with van der Waals surface area (Å²) in [5, 5.41) is 28.7. The Hall–Kier alpha value is -5.06. The molecule has 0 bridgehead atoms. The minimum atomic E-state index is -1.63. The molecule has 1 saturated heterocycles. The van der Waals surface area contributed by atoms with Crippen molar-refractivity contribution in [3.8, 4) is 0 Å². The molecule has 47 heavy (non-hydrogen) atoms. The first-order valence-electron chi connectivity index (χ1n) is 14.7. The lowest BCUT2D eigenvalue weighted by Gasteiger charge is -2.31. The van der Waals surface area contributed by atoms with Crippen LogP contribution < -0.4 is 71.2 Å². The number of nitrogens with one attached hydrogen (secondary N) is 8. The molecule has 22 heteroatoms. The van der Waals surface area contributed by atoms with Crippen molar-refractivity contribution in [2.75, 3.05) is 32.8 Å². The van der Waals surface area contributed by atoms with Crippen LogP contribution in [0.1, 0.15) is 25.7 Å². The van der Waals surface area contributed by atoms with Crippen molar-refractivity contribution in [3.63, 3.8) is 0 Å². The molecule has 2 aliphatic rings. The second-order valence-corrected chi connectivity index (χ2v) is 10.7. The maximum absolute atomic E-state index is 13.5. The molecule has 0 spiro atoms. The van der Waals surface area contributed by atoms with Crippen LogP contribution in [-0.2, 0) is 28.8 Å². The van der Waals surface area contributed by atoms with Gasteiger partial charge in [-0.05, 0) is 25.8 Å². The van der Waals surface area contributed by atoms with E-state index in [1.165, 1.54) is 0 Å². The van der Waals surface area contributed by atoms with E-state index in [2.05, 4.69) is 42.2 Å². The van der Waals surface area contributed by atoms with Crippen LogP contribution >= 0.6 is 0 Å². The first kappa shape index (κ1) is 38.1. The lowest BCUT2D eigenvalue weighted by atomic mass is 10.0. The fourth-order valence-corrected chi connectivity index (χ4v) is 4.35. The zero-order valence-corrected chi connectivity index (χ0v) is 25.5. The molecule has 0 radical (unpaired) electrons. The lowest BCUT2D eigenvalue weighted by molar-refractivity contribution is -0.134. The van der Waals surface area contributed by atoms with Gasteiger partial charge in [0.2, 0.25) is 29.5 Å². The van der Waals surface area contributed by atoms with E-state index < -0.39 is 103 Å². The summed E-state index contributed by atoms with van der Waals surface area (Å²) < 4.78 is 0. The number of amides is 8. The zero-order chi connectivity index (χ0) is 35.1. The molecule has 8 amide bonds. The Kier molecular flexibility index (Phi) is 15.2. The normalized spacial score (nSPS) is 26.3. The smallest absolute Gasteiger partial charge is 0.316 e. The van der Waals surface area contributed by atoms with Crippen LogP contribution in [0.5, 0.6) is 0 Å². The predicted molar refractivity (Wildman–Crippen MR) is 165 cm³/mol. The number of carbonyl (C=O) groups excluding carboxylic acids is 7. The minimum absolute atomic E-state index is 0.0120. The van der Waals surface area contributed by atoms with Crippen molar-refractivity contribution in [2.45, 2.75) is 61.9 Å². The number of aliphatic hydroxyl groups is 1. The monoisotopic (exact) mass is 668 g/mol. The molecular weight excluding hydrogens is 624 g/mol. The summed E-state index contributed by atoms with van der Waals surface area (Å²) >= 11 is 0. The first-order valence-corrected chi connectivity index (χ1v) is 14.7. The Morgan fingerprint density at radius 3 is 2.36 bits per heavy atom. The highest BCUT2D eigenvalue weighted by Gasteiger charge is 2.35. The SMILES string of the molecule is NCCC[C@H](N)CC(=O)NC[C@@H]1NC(=O)[C@H](CO)NC(=O)[C@@H](N)CNC(=O)C(C2CCN=C(N)N2)NC(=O)/C(=C\NC(N)=O)NC1=O. The van der Waals surface area contributed by atoms with Crippen LogP contribution in [0.15, 0.2) is 16.9 Å². The van der Waals surface area contributed by atoms with Gasteiger partial charge in [0.15, 0.2) is 5.96 Å². The van der Waals surface area contributed by atoms with Gasteiger partial charge in [0.1, 0.15) is 29.9 Å². The van der Waals surface area contributed by atoms with Gasteiger partial charge in [-0.3, -0.25) is 33.8 Å². The number of aliphatic hydroxyl groups excluding tert-OH is 1. The van der Waals surface area contributed by atoms with Crippen molar-refractivity contribution >= 4 is 47.4 Å². The minimum Gasteiger partial charge on any atom is -0.394 e. The molecule has 2 aliphatic heterocycles. The van der Waals surface area contributed by atoms with E-state index in [0.29, 0.717) is 19.4 Å². The molecule has 6 atom stereocenters. The highest BCUT2D eigenvalue weighted by atomic mass is 16.3. The Morgan fingerprint density at radius 1 is 1.02 bits per heavy atom. The average molecular weight is 669 g/mol. The number of hydrogen-bond donors (Lipinski definition) is 14. The highest BCUT2D eigenvalue weighted by Crippen LogP contribution is 2.07. The van der Waals surface area contributed by atoms with Gasteiger partial charge in [-0.15, -0.1) is 0 Å². The summed E-state index contributed by atoms with van der Waals surface area (Å²) in [5.41, 5.74) is 27.6. The molecule has 262 valence electrons. The number of primary amides is 1. The number of urea groups is 1. The summed E-state index contributed by atoms with van der Waals surface area (Å²) in [7, 11) is 0. The van der Waals surface area contributed by atoms with E-state index in [0.717, 1.165) is 6.20 Å². The Morgan fingerprint density at radius 2 is 1.72 bits per heavy atom. The van der Waals surface area contributed by atoms with Crippen molar-refractivity contribution < 1.29 is 38.7 Å². The third-order valence-electron chi connectivity index (χ3n) is 6.90. The molecule has 2 rings (SSSR count). The second kappa shape index (κ2) is 18.8. The van der Waals surface area contributed by atoms with E-state index in [1.807, 2.05) is 5.32 Å². The topological polar surface area (TPSA) is 378 Å². The van der Waals surface area contributed by atoms with Crippen LogP contribution in [0.25, 0.3) is 0 Å². The highest BCUT2D eigenvalue weighted by molar-refractivity contribution is 6.02. The third kappa shape index (κ3) is 12.7. The summed E-state index contributed by atoms with van der Waals surface area (Å²) in [5.74, 6) is -5.62. The largest absolute Gasteiger partial charge is 0.394 e. The van der Waals surface area contributed by atoms with E-state index >= 15 is 0 Å². The second-order valence-electron chi connectivity index (χ2n) is 10.7. The fourth-order valence-electron chi connectivity index (χ4n) is 4.35. The van der Waals surface area contributed by atoms with Crippen LogP contribution in [0.3, 0.4) is 0 Å². The molecular formula is C25H44N14O8. The molecule has 2 heterocycles. The van der Waals surface area contributed by atoms with Crippen LogP contribution in [0.2, 0.25) is 0 Å².